The van der Waals surface area contributed by atoms with E-state index in [1.807, 2.05) is 0 Å². The SMILES string of the molecule is CS(=O)(=O)N1CCCC1CNC(=O)c1ccccc1Cl. The molecule has 0 aromatic heterocycles. The standard InChI is InChI=1S/C13H17ClN2O3S/c1-20(18,19)16-8-4-5-10(16)9-15-13(17)11-6-2-3-7-12(11)14/h2-3,6-7,10H,4-5,8-9H2,1H3,(H,15,17). The molecular formula is C13H17ClN2O3S. The van der Waals surface area contributed by atoms with E-state index in [4.69, 9.17) is 11.6 Å². The zero-order valence-corrected chi connectivity index (χ0v) is 12.7. The van der Waals surface area contributed by atoms with Crippen LogP contribution in [0.15, 0.2) is 24.3 Å². The van der Waals surface area contributed by atoms with Crippen molar-refractivity contribution >= 4 is 27.5 Å². The van der Waals surface area contributed by atoms with E-state index in [0.717, 1.165) is 12.8 Å². The maximum atomic E-state index is 12.0. The van der Waals surface area contributed by atoms with Crippen molar-refractivity contribution in [2.45, 2.75) is 18.9 Å². The molecule has 5 nitrogen and oxygen atoms in total. The van der Waals surface area contributed by atoms with E-state index in [0.29, 0.717) is 23.7 Å². The third-order valence-corrected chi connectivity index (χ3v) is 5.03. The predicted octanol–water partition coefficient (Wildman–Crippen LogP) is 1.49. The topological polar surface area (TPSA) is 66.5 Å². The lowest BCUT2D eigenvalue weighted by Crippen LogP contribution is -2.42. The number of nitrogens with one attached hydrogen (secondary N) is 1. The number of nitrogens with zero attached hydrogens (tertiary/aromatic N) is 1. The zero-order chi connectivity index (χ0) is 14.8. The summed E-state index contributed by atoms with van der Waals surface area (Å²) in [6, 6.07) is 6.60. The van der Waals surface area contributed by atoms with Crippen molar-refractivity contribution in [3.8, 4) is 0 Å². The second kappa shape index (κ2) is 6.11. The van der Waals surface area contributed by atoms with E-state index in [1.165, 1.54) is 10.6 Å². The van der Waals surface area contributed by atoms with E-state index in [-0.39, 0.29) is 11.9 Å². The second-order valence-electron chi connectivity index (χ2n) is 4.86. The Morgan fingerprint density at radius 1 is 1.45 bits per heavy atom. The molecule has 110 valence electrons. The molecule has 1 aromatic carbocycles. The first kappa shape index (κ1) is 15.3. The van der Waals surface area contributed by atoms with Crippen molar-refractivity contribution in [3.63, 3.8) is 0 Å². The molecule has 1 fully saturated rings. The average molecular weight is 317 g/mol. The van der Waals surface area contributed by atoms with Gasteiger partial charge in [-0.15, -0.1) is 0 Å². The van der Waals surface area contributed by atoms with Crippen molar-refractivity contribution in [1.82, 2.24) is 9.62 Å². The van der Waals surface area contributed by atoms with Gasteiger partial charge in [0, 0.05) is 19.1 Å². The summed E-state index contributed by atoms with van der Waals surface area (Å²) in [5, 5.41) is 3.14. The molecule has 0 aliphatic carbocycles. The Kier molecular flexibility index (Phi) is 4.67. The van der Waals surface area contributed by atoms with Crippen LogP contribution >= 0.6 is 11.6 Å². The van der Waals surface area contributed by atoms with Gasteiger partial charge in [0.05, 0.1) is 16.8 Å². The molecule has 1 unspecified atom stereocenters. The summed E-state index contributed by atoms with van der Waals surface area (Å²) >= 11 is 5.95. The van der Waals surface area contributed by atoms with Gasteiger partial charge in [0.2, 0.25) is 10.0 Å². The van der Waals surface area contributed by atoms with Gasteiger partial charge in [0.1, 0.15) is 0 Å². The Labute approximate surface area is 124 Å². The van der Waals surface area contributed by atoms with Gasteiger partial charge in [0.25, 0.3) is 5.91 Å². The Balaban J connectivity index is 1.99. The van der Waals surface area contributed by atoms with Gasteiger partial charge in [-0.3, -0.25) is 4.79 Å². The van der Waals surface area contributed by atoms with Gasteiger partial charge in [0.15, 0.2) is 0 Å². The van der Waals surface area contributed by atoms with Crippen molar-refractivity contribution in [1.29, 1.82) is 0 Å². The highest BCUT2D eigenvalue weighted by Crippen LogP contribution is 2.20. The summed E-state index contributed by atoms with van der Waals surface area (Å²) in [6.45, 7) is 0.822. The lowest BCUT2D eigenvalue weighted by Gasteiger charge is -2.22. The van der Waals surface area contributed by atoms with Gasteiger partial charge in [-0.1, -0.05) is 23.7 Å². The number of hydrogen-bond acceptors (Lipinski definition) is 3. The summed E-state index contributed by atoms with van der Waals surface area (Å²) in [4.78, 5) is 12.0. The van der Waals surface area contributed by atoms with Gasteiger partial charge < -0.3 is 5.32 Å². The highest BCUT2D eigenvalue weighted by Gasteiger charge is 2.31. The fraction of sp³-hybridized carbons (Fsp3) is 0.462. The predicted molar refractivity (Wildman–Crippen MR) is 78.4 cm³/mol. The summed E-state index contributed by atoms with van der Waals surface area (Å²) in [7, 11) is -3.22. The first-order valence-corrected chi connectivity index (χ1v) is 8.62. The molecular weight excluding hydrogens is 300 g/mol. The number of halogens is 1. The van der Waals surface area contributed by atoms with E-state index in [9.17, 15) is 13.2 Å². The van der Waals surface area contributed by atoms with Crippen LogP contribution in [-0.4, -0.2) is 44.0 Å². The molecule has 0 bridgehead atoms. The van der Waals surface area contributed by atoms with Crippen molar-refractivity contribution < 1.29 is 13.2 Å². The number of hydrogen-bond donors (Lipinski definition) is 1. The highest BCUT2D eigenvalue weighted by molar-refractivity contribution is 7.88. The minimum Gasteiger partial charge on any atom is -0.350 e. The minimum atomic E-state index is -3.22. The minimum absolute atomic E-state index is 0.170. The van der Waals surface area contributed by atoms with Crippen molar-refractivity contribution in [3.05, 3.63) is 34.9 Å². The first-order chi connectivity index (χ1) is 9.39. The monoisotopic (exact) mass is 316 g/mol. The Morgan fingerprint density at radius 3 is 2.80 bits per heavy atom. The van der Waals surface area contributed by atoms with E-state index in [1.54, 1.807) is 24.3 Å². The average Bonchev–Trinajstić information content (AvgIpc) is 2.84. The number of rotatable bonds is 4. The van der Waals surface area contributed by atoms with Gasteiger partial charge in [-0.25, -0.2) is 8.42 Å². The van der Waals surface area contributed by atoms with E-state index < -0.39 is 10.0 Å². The fourth-order valence-corrected chi connectivity index (χ4v) is 3.80. The van der Waals surface area contributed by atoms with Crippen LogP contribution in [0.1, 0.15) is 23.2 Å². The number of amides is 1. The molecule has 20 heavy (non-hydrogen) atoms. The van der Waals surface area contributed by atoms with Crippen LogP contribution in [0.25, 0.3) is 0 Å². The molecule has 0 saturated carbocycles. The third-order valence-electron chi connectivity index (χ3n) is 3.37. The quantitative estimate of drug-likeness (QED) is 0.915. The van der Waals surface area contributed by atoms with Gasteiger partial charge >= 0.3 is 0 Å². The lowest BCUT2D eigenvalue weighted by atomic mass is 10.2. The molecule has 1 saturated heterocycles. The number of carbonyl (C=O) groups is 1. The number of benzene rings is 1. The summed E-state index contributed by atoms with van der Waals surface area (Å²) in [6.07, 6.45) is 2.77. The summed E-state index contributed by atoms with van der Waals surface area (Å²) in [5.74, 6) is -0.282. The number of sulfonamides is 1. The van der Waals surface area contributed by atoms with Crippen molar-refractivity contribution in [2.24, 2.45) is 0 Å². The largest absolute Gasteiger partial charge is 0.350 e. The molecule has 7 heteroatoms. The maximum absolute atomic E-state index is 12.0. The number of carbonyl (C=O) groups excluding carboxylic acids is 1. The van der Waals surface area contributed by atoms with E-state index in [2.05, 4.69) is 5.32 Å². The fourth-order valence-electron chi connectivity index (χ4n) is 2.40. The summed E-state index contributed by atoms with van der Waals surface area (Å²) in [5.41, 5.74) is 0.401. The van der Waals surface area contributed by atoms with Crippen LogP contribution in [0.3, 0.4) is 0 Å². The van der Waals surface area contributed by atoms with Crippen LogP contribution in [-0.2, 0) is 10.0 Å². The zero-order valence-electron chi connectivity index (χ0n) is 11.2. The smallest absolute Gasteiger partial charge is 0.252 e. The van der Waals surface area contributed by atoms with Crippen LogP contribution in [0.2, 0.25) is 5.02 Å². The van der Waals surface area contributed by atoms with Crippen LogP contribution in [0, 0.1) is 0 Å². The Hall–Kier alpha value is -1.11. The molecule has 1 aromatic rings. The molecule has 1 amide bonds. The third kappa shape index (κ3) is 3.50. The van der Waals surface area contributed by atoms with Gasteiger partial charge in [-0.2, -0.15) is 4.31 Å². The van der Waals surface area contributed by atoms with Crippen LogP contribution in [0.4, 0.5) is 0 Å². The van der Waals surface area contributed by atoms with E-state index >= 15 is 0 Å². The molecule has 1 aliphatic rings. The molecule has 1 atom stereocenters. The van der Waals surface area contributed by atoms with Crippen LogP contribution in [0.5, 0.6) is 0 Å². The Morgan fingerprint density at radius 2 is 2.15 bits per heavy atom. The maximum Gasteiger partial charge on any atom is 0.252 e. The normalized spacial score (nSPS) is 20.0. The molecule has 0 spiro atoms. The molecule has 1 aliphatic heterocycles. The van der Waals surface area contributed by atoms with Crippen LogP contribution < -0.4 is 5.32 Å². The highest BCUT2D eigenvalue weighted by atomic mass is 35.5. The van der Waals surface area contributed by atoms with Gasteiger partial charge in [-0.05, 0) is 25.0 Å². The molecule has 1 heterocycles. The second-order valence-corrected chi connectivity index (χ2v) is 7.20. The lowest BCUT2D eigenvalue weighted by molar-refractivity contribution is 0.0947. The molecule has 2 rings (SSSR count). The summed E-state index contributed by atoms with van der Waals surface area (Å²) < 4.78 is 24.7. The van der Waals surface area contributed by atoms with Crippen molar-refractivity contribution in [2.75, 3.05) is 19.3 Å². The Bertz CT molecular complexity index is 603. The molecule has 1 N–H and O–H groups in total. The molecule has 0 radical (unpaired) electrons. The first-order valence-electron chi connectivity index (χ1n) is 6.39.